The lowest BCUT2D eigenvalue weighted by Crippen LogP contribution is -2.31. The van der Waals surface area contributed by atoms with Crippen molar-refractivity contribution >= 4 is 18.1 Å². The highest BCUT2D eigenvalue weighted by Crippen LogP contribution is 2.16. The van der Waals surface area contributed by atoms with Gasteiger partial charge in [-0.25, -0.2) is 4.79 Å². The summed E-state index contributed by atoms with van der Waals surface area (Å²) in [6.07, 6.45) is 0.499. The van der Waals surface area contributed by atoms with Crippen LogP contribution < -0.4 is 10.1 Å². The van der Waals surface area contributed by atoms with Gasteiger partial charge in [-0.3, -0.25) is 10.1 Å². The van der Waals surface area contributed by atoms with Gasteiger partial charge in [0.2, 0.25) is 0 Å². The summed E-state index contributed by atoms with van der Waals surface area (Å²) in [5, 5.41) is 11.1. The molecular weight excluding hydrogens is 332 g/mol. The maximum atomic E-state index is 11.9. The highest BCUT2D eigenvalue weighted by molar-refractivity contribution is 6.07. The molecule has 0 atom stereocenters. The van der Waals surface area contributed by atoms with Crippen LogP contribution >= 0.6 is 0 Å². The van der Waals surface area contributed by atoms with E-state index in [-0.39, 0.29) is 12.2 Å². The Morgan fingerprint density at radius 1 is 1.12 bits per heavy atom. The lowest BCUT2D eigenvalue weighted by Gasteiger charge is -2.06. The minimum absolute atomic E-state index is 0.134. The van der Waals surface area contributed by atoms with Gasteiger partial charge in [-0.15, -0.1) is 0 Å². The normalized spacial score (nSPS) is 10.5. The number of nitrogens with zero attached hydrogens (tertiary/aromatic N) is 1. The molecule has 1 N–H and O–H groups in total. The largest absolute Gasteiger partial charge is 0.489 e. The number of nitrogens with one attached hydrogen (secondary N) is 1. The number of nitriles is 1. The fourth-order valence-electron chi connectivity index (χ4n) is 2.04. The van der Waals surface area contributed by atoms with Crippen molar-refractivity contribution in [2.75, 3.05) is 6.61 Å². The van der Waals surface area contributed by atoms with E-state index in [0.717, 1.165) is 5.56 Å². The quantitative estimate of drug-likeness (QED) is 0.637. The van der Waals surface area contributed by atoms with E-state index in [1.54, 1.807) is 37.3 Å². The molecule has 0 fully saturated rings. The molecule has 2 aromatic carbocycles. The summed E-state index contributed by atoms with van der Waals surface area (Å²) in [6.45, 7) is 2.20. The lowest BCUT2D eigenvalue weighted by atomic mass is 10.1. The topological polar surface area (TPSA) is 88.4 Å². The smallest absolute Gasteiger partial charge is 0.414 e. The van der Waals surface area contributed by atoms with Gasteiger partial charge < -0.3 is 9.47 Å². The molecule has 26 heavy (non-hydrogen) atoms. The molecule has 6 nitrogen and oxygen atoms in total. The number of alkyl carbamates (subject to hydrolysis) is 1. The Hall–Kier alpha value is -3.59. The first kappa shape index (κ1) is 18.7. The second-order valence-corrected chi connectivity index (χ2v) is 5.19. The van der Waals surface area contributed by atoms with Crippen molar-refractivity contribution in [1.82, 2.24) is 5.32 Å². The van der Waals surface area contributed by atoms with Crippen molar-refractivity contribution in [2.24, 2.45) is 0 Å². The van der Waals surface area contributed by atoms with Gasteiger partial charge >= 0.3 is 6.09 Å². The Kier molecular flexibility index (Phi) is 6.95. The van der Waals surface area contributed by atoms with Crippen LogP contribution in [0.1, 0.15) is 18.1 Å². The van der Waals surface area contributed by atoms with E-state index < -0.39 is 12.0 Å². The lowest BCUT2D eigenvalue weighted by molar-refractivity contribution is -0.116. The fourth-order valence-corrected chi connectivity index (χ4v) is 2.04. The zero-order valence-corrected chi connectivity index (χ0v) is 14.3. The Labute approximate surface area is 151 Å². The van der Waals surface area contributed by atoms with Crippen LogP contribution in [0.15, 0.2) is 60.2 Å². The van der Waals surface area contributed by atoms with Crippen LogP contribution in [0.2, 0.25) is 0 Å². The Morgan fingerprint density at radius 3 is 2.42 bits per heavy atom. The van der Waals surface area contributed by atoms with Crippen LogP contribution in [0.5, 0.6) is 5.75 Å². The van der Waals surface area contributed by atoms with E-state index in [0.29, 0.717) is 17.9 Å². The molecule has 6 heteroatoms. The molecule has 0 heterocycles. The fraction of sp³-hybridized carbons (Fsp3) is 0.150. The molecule has 0 aliphatic rings. The maximum Gasteiger partial charge on any atom is 0.414 e. The van der Waals surface area contributed by atoms with Gasteiger partial charge in [0, 0.05) is 0 Å². The SMILES string of the molecule is CCOC(=O)NC(=O)/C(C#N)=C\c1ccc(OCc2ccccc2)cc1. The van der Waals surface area contributed by atoms with Gasteiger partial charge in [-0.2, -0.15) is 5.26 Å². The molecule has 2 rings (SSSR count). The molecule has 0 aliphatic carbocycles. The van der Waals surface area contributed by atoms with Crippen molar-refractivity contribution in [3.8, 4) is 11.8 Å². The summed E-state index contributed by atoms with van der Waals surface area (Å²) in [6, 6.07) is 18.5. The highest BCUT2D eigenvalue weighted by atomic mass is 16.5. The Morgan fingerprint density at radius 2 is 1.81 bits per heavy atom. The second-order valence-electron chi connectivity index (χ2n) is 5.19. The average Bonchev–Trinajstić information content (AvgIpc) is 2.66. The molecule has 0 bridgehead atoms. The van der Waals surface area contributed by atoms with Gasteiger partial charge in [0.1, 0.15) is 24.0 Å². The molecule has 2 amide bonds. The van der Waals surface area contributed by atoms with Crippen molar-refractivity contribution in [3.05, 3.63) is 71.3 Å². The number of ether oxygens (including phenoxy) is 2. The van der Waals surface area contributed by atoms with E-state index in [1.807, 2.05) is 35.6 Å². The van der Waals surface area contributed by atoms with E-state index in [1.165, 1.54) is 6.08 Å². The first-order valence-electron chi connectivity index (χ1n) is 7.99. The van der Waals surface area contributed by atoms with Crippen molar-refractivity contribution in [3.63, 3.8) is 0 Å². The first-order valence-corrected chi connectivity index (χ1v) is 7.99. The summed E-state index contributed by atoms with van der Waals surface area (Å²) in [5.41, 5.74) is 1.49. The average molecular weight is 350 g/mol. The summed E-state index contributed by atoms with van der Waals surface area (Å²) < 4.78 is 10.3. The predicted octanol–water partition coefficient (Wildman–Crippen LogP) is 3.45. The number of imide groups is 1. The molecule has 0 saturated heterocycles. The van der Waals surface area contributed by atoms with Gasteiger partial charge in [0.15, 0.2) is 0 Å². The Balaban J connectivity index is 1.99. The van der Waals surface area contributed by atoms with E-state index in [4.69, 9.17) is 10.00 Å². The maximum absolute atomic E-state index is 11.9. The van der Waals surface area contributed by atoms with Crippen LogP contribution in [-0.2, 0) is 16.1 Å². The number of benzene rings is 2. The molecule has 2 aromatic rings. The molecule has 0 radical (unpaired) electrons. The highest BCUT2D eigenvalue weighted by Gasteiger charge is 2.13. The molecule has 132 valence electrons. The zero-order valence-electron chi connectivity index (χ0n) is 14.3. The minimum atomic E-state index is -0.886. The number of carbonyl (C=O) groups is 2. The van der Waals surface area contributed by atoms with Crippen LogP contribution in [0.4, 0.5) is 4.79 Å². The number of hydrogen-bond donors (Lipinski definition) is 1. The number of carbonyl (C=O) groups excluding carboxylic acids is 2. The first-order chi connectivity index (χ1) is 12.6. The molecule has 0 spiro atoms. The third-order valence-corrected chi connectivity index (χ3v) is 3.30. The zero-order chi connectivity index (χ0) is 18.8. The Bertz CT molecular complexity index is 821. The van der Waals surface area contributed by atoms with Crippen molar-refractivity contribution < 1.29 is 19.1 Å². The van der Waals surface area contributed by atoms with E-state index >= 15 is 0 Å². The van der Waals surface area contributed by atoms with Crippen LogP contribution in [0.25, 0.3) is 6.08 Å². The van der Waals surface area contributed by atoms with E-state index in [9.17, 15) is 9.59 Å². The predicted molar refractivity (Wildman–Crippen MR) is 96.0 cm³/mol. The standard InChI is InChI=1S/C20H18N2O4/c1-2-25-20(24)22-19(23)17(13-21)12-15-8-10-18(11-9-15)26-14-16-6-4-3-5-7-16/h3-12H,2,14H2,1H3,(H,22,23,24)/b17-12-. The second kappa shape index (κ2) is 9.64. The minimum Gasteiger partial charge on any atom is -0.489 e. The van der Waals surface area contributed by atoms with Gasteiger partial charge in [0.05, 0.1) is 6.61 Å². The third kappa shape index (κ3) is 5.80. The molecule has 0 aliphatic heterocycles. The molecular formula is C20H18N2O4. The van der Waals surface area contributed by atoms with Crippen LogP contribution in [-0.4, -0.2) is 18.6 Å². The number of amides is 2. The molecule has 0 saturated carbocycles. The summed E-state index contributed by atoms with van der Waals surface area (Å²) in [4.78, 5) is 23.1. The van der Waals surface area contributed by atoms with Crippen LogP contribution in [0, 0.1) is 11.3 Å². The summed E-state index contributed by atoms with van der Waals surface area (Å²) in [5.74, 6) is -0.143. The number of hydrogen-bond acceptors (Lipinski definition) is 5. The van der Waals surface area contributed by atoms with Crippen LogP contribution in [0.3, 0.4) is 0 Å². The van der Waals surface area contributed by atoms with Crippen molar-refractivity contribution in [2.45, 2.75) is 13.5 Å². The molecule has 0 aromatic heterocycles. The monoisotopic (exact) mass is 350 g/mol. The number of rotatable bonds is 6. The van der Waals surface area contributed by atoms with E-state index in [2.05, 4.69) is 4.74 Å². The molecule has 0 unspecified atom stereocenters. The van der Waals surface area contributed by atoms with Gasteiger partial charge in [-0.1, -0.05) is 42.5 Å². The third-order valence-electron chi connectivity index (χ3n) is 3.30. The van der Waals surface area contributed by atoms with Gasteiger partial charge in [0.25, 0.3) is 5.91 Å². The summed E-state index contributed by atoms with van der Waals surface area (Å²) >= 11 is 0. The van der Waals surface area contributed by atoms with Crippen molar-refractivity contribution in [1.29, 1.82) is 5.26 Å². The summed E-state index contributed by atoms with van der Waals surface area (Å²) in [7, 11) is 0. The van der Waals surface area contributed by atoms with Gasteiger partial charge in [-0.05, 0) is 36.3 Å².